The third-order valence-electron chi connectivity index (χ3n) is 4.51. The van der Waals surface area contributed by atoms with Crippen LogP contribution in [-0.4, -0.2) is 42.0 Å². The summed E-state index contributed by atoms with van der Waals surface area (Å²) >= 11 is 0. The van der Waals surface area contributed by atoms with Gasteiger partial charge in [0.15, 0.2) is 0 Å². The number of hydrogen-bond donors (Lipinski definition) is 0. The predicted molar refractivity (Wildman–Crippen MR) is 81.9 cm³/mol. The Hall–Kier alpha value is -0.680. The molecule has 2 nitrogen and oxygen atoms in total. The van der Waals surface area contributed by atoms with Crippen LogP contribution in [0.4, 0.5) is 0 Å². The first-order chi connectivity index (χ1) is 9.40. The van der Waals surface area contributed by atoms with Crippen LogP contribution in [0.3, 0.4) is 0 Å². The quantitative estimate of drug-likeness (QED) is 0.565. The van der Waals surface area contributed by atoms with E-state index in [0.29, 0.717) is 0 Å². The van der Waals surface area contributed by atoms with Gasteiger partial charge in [0, 0.05) is 31.6 Å². The van der Waals surface area contributed by atoms with Crippen LogP contribution in [0.15, 0.2) is 0 Å². The van der Waals surface area contributed by atoms with E-state index < -0.39 is 0 Å². The first-order valence-electron chi connectivity index (χ1n) is 8.37. The van der Waals surface area contributed by atoms with Crippen molar-refractivity contribution in [3.05, 3.63) is 0 Å². The summed E-state index contributed by atoms with van der Waals surface area (Å²) in [5, 5.41) is 0. The van der Waals surface area contributed by atoms with Gasteiger partial charge in [0.1, 0.15) is 0 Å². The molecule has 2 heterocycles. The Morgan fingerprint density at radius 2 is 1.68 bits per heavy atom. The summed E-state index contributed by atoms with van der Waals surface area (Å²) < 4.78 is 0. The summed E-state index contributed by atoms with van der Waals surface area (Å²) in [7, 11) is 0. The molecule has 0 unspecified atom stereocenters. The Bertz CT molecular complexity index is 288. The van der Waals surface area contributed by atoms with E-state index >= 15 is 0 Å². The van der Waals surface area contributed by atoms with Crippen molar-refractivity contribution in [3.8, 4) is 12.0 Å². The highest BCUT2D eigenvalue weighted by molar-refractivity contribution is 5.00. The fourth-order valence-electron chi connectivity index (χ4n) is 3.26. The van der Waals surface area contributed by atoms with Crippen molar-refractivity contribution in [2.45, 2.75) is 70.8 Å². The van der Waals surface area contributed by atoms with Crippen molar-refractivity contribution in [1.29, 1.82) is 0 Å². The van der Waals surface area contributed by atoms with E-state index in [0.717, 1.165) is 12.5 Å². The maximum Gasteiger partial charge on any atom is 0.0275 e. The zero-order valence-corrected chi connectivity index (χ0v) is 12.7. The molecule has 2 aliphatic rings. The van der Waals surface area contributed by atoms with Crippen molar-refractivity contribution in [2.24, 2.45) is 0 Å². The SMILES string of the molecule is CCCCCC#CN1CCC(N2CCCCC2)CC1. The lowest BCUT2D eigenvalue weighted by Crippen LogP contribution is -2.45. The minimum absolute atomic E-state index is 0.846. The fourth-order valence-corrected chi connectivity index (χ4v) is 3.26. The number of nitrogens with zero attached hydrogens (tertiary/aromatic N) is 2. The third kappa shape index (κ3) is 5.07. The molecular formula is C17H30N2. The predicted octanol–water partition coefficient (Wildman–Crippen LogP) is 3.48. The van der Waals surface area contributed by atoms with Crippen molar-refractivity contribution in [3.63, 3.8) is 0 Å². The summed E-state index contributed by atoms with van der Waals surface area (Å²) in [5.74, 6) is 3.35. The van der Waals surface area contributed by atoms with Gasteiger partial charge in [-0.1, -0.05) is 32.1 Å². The van der Waals surface area contributed by atoms with Crippen molar-refractivity contribution in [1.82, 2.24) is 9.80 Å². The maximum atomic E-state index is 3.37. The largest absolute Gasteiger partial charge is 0.333 e. The molecule has 0 atom stereocenters. The lowest BCUT2D eigenvalue weighted by atomic mass is 10.0. The second kappa shape index (κ2) is 8.48. The van der Waals surface area contributed by atoms with Crippen LogP contribution in [-0.2, 0) is 0 Å². The summed E-state index contributed by atoms with van der Waals surface area (Å²) in [6, 6.07) is 4.21. The molecule has 0 bridgehead atoms. The molecule has 2 fully saturated rings. The van der Waals surface area contributed by atoms with E-state index in [9.17, 15) is 0 Å². The van der Waals surface area contributed by atoms with Gasteiger partial charge < -0.3 is 9.80 Å². The van der Waals surface area contributed by atoms with Crippen LogP contribution in [0.25, 0.3) is 0 Å². The van der Waals surface area contributed by atoms with E-state index in [1.165, 1.54) is 77.5 Å². The second-order valence-corrected chi connectivity index (χ2v) is 6.06. The molecule has 108 valence electrons. The fraction of sp³-hybridized carbons (Fsp3) is 0.882. The summed E-state index contributed by atoms with van der Waals surface area (Å²) in [5.41, 5.74) is 0. The Balaban J connectivity index is 1.64. The molecule has 0 aliphatic carbocycles. The first kappa shape index (κ1) is 14.7. The average Bonchev–Trinajstić information content (AvgIpc) is 2.49. The zero-order chi connectivity index (χ0) is 13.3. The Morgan fingerprint density at radius 1 is 0.947 bits per heavy atom. The van der Waals surface area contributed by atoms with Crippen LogP contribution in [0.5, 0.6) is 0 Å². The molecule has 2 aliphatic heterocycles. The normalized spacial score (nSPS) is 22.1. The van der Waals surface area contributed by atoms with Crippen molar-refractivity contribution in [2.75, 3.05) is 26.2 Å². The van der Waals surface area contributed by atoms with Gasteiger partial charge in [-0.25, -0.2) is 0 Å². The van der Waals surface area contributed by atoms with E-state index in [2.05, 4.69) is 28.7 Å². The highest BCUT2D eigenvalue weighted by Crippen LogP contribution is 2.20. The Kier molecular flexibility index (Phi) is 6.57. The number of unbranched alkanes of at least 4 members (excludes halogenated alkanes) is 3. The van der Waals surface area contributed by atoms with Crippen LogP contribution in [0, 0.1) is 12.0 Å². The molecule has 0 aromatic carbocycles. The molecule has 19 heavy (non-hydrogen) atoms. The van der Waals surface area contributed by atoms with Gasteiger partial charge in [-0.15, -0.1) is 0 Å². The maximum absolute atomic E-state index is 3.37. The topological polar surface area (TPSA) is 6.48 Å². The second-order valence-electron chi connectivity index (χ2n) is 6.06. The molecule has 2 saturated heterocycles. The Morgan fingerprint density at radius 3 is 2.37 bits per heavy atom. The molecule has 0 N–H and O–H groups in total. The van der Waals surface area contributed by atoms with Crippen LogP contribution in [0.1, 0.15) is 64.7 Å². The standard InChI is InChI=1S/C17H30N2/c1-2-3-4-5-7-12-18-15-10-17(11-16-18)19-13-8-6-9-14-19/h17H,2-6,8-11,13-16H2,1H3. The number of rotatable bonds is 4. The summed E-state index contributed by atoms with van der Waals surface area (Å²) in [6.45, 7) is 7.30. The first-order valence-corrected chi connectivity index (χ1v) is 8.37. The highest BCUT2D eigenvalue weighted by atomic mass is 15.2. The van der Waals surface area contributed by atoms with Crippen molar-refractivity contribution >= 4 is 0 Å². The molecular weight excluding hydrogens is 232 g/mol. The van der Waals surface area contributed by atoms with E-state index in [-0.39, 0.29) is 0 Å². The number of piperidine rings is 2. The van der Waals surface area contributed by atoms with Gasteiger partial charge >= 0.3 is 0 Å². The molecule has 0 spiro atoms. The molecule has 0 radical (unpaired) electrons. The van der Waals surface area contributed by atoms with Crippen LogP contribution in [0.2, 0.25) is 0 Å². The number of likely N-dealkylation sites (tertiary alicyclic amines) is 2. The minimum atomic E-state index is 0.846. The van der Waals surface area contributed by atoms with E-state index in [1.807, 2.05) is 0 Å². The van der Waals surface area contributed by atoms with Crippen LogP contribution < -0.4 is 0 Å². The Labute approximate surface area is 119 Å². The van der Waals surface area contributed by atoms with Gasteiger partial charge in [0.25, 0.3) is 0 Å². The van der Waals surface area contributed by atoms with Gasteiger partial charge in [-0.3, -0.25) is 0 Å². The summed E-state index contributed by atoms with van der Waals surface area (Å²) in [4.78, 5) is 5.09. The van der Waals surface area contributed by atoms with Gasteiger partial charge in [-0.2, -0.15) is 0 Å². The zero-order valence-electron chi connectivity index (χ0n) is 12.7. The number of hydrogen-bond acceptors (Lipinski definition) is 2. The molecule has 0 aromatic rings. The minimum Gasteiger partial charge on any atom is -0.333 e. The monoisotopic (exact) mass is 262 g/mol. The van der Waals surface area contributed by atoms with E-state index in [1.54, 1.807) is 0 Å². The average molecular weight is 262 g/mol. The smallest absolute Gasteiger partial charge is 0.0275 e. The molecule has 2 rings (SSSR count). The highest BCUT2D eigenvalue weighted by Gasteiger charge is 2.24. The molecule has 0 saturated carbocycles. The van der Waals surface area contributed by atoms with Gasteiger partial charge in [0.2, 0.25) is 0 Å². The summed E-state index contributed by atoms with van der Waals surface area (Å²) in [6.07, 6.45) is 11.9. The molecule has 0 amide bonds. The lowest BCUT2D eigenvalue weighted by molar-refractivity contribution is 0.112. The third-order valence-corrected chi connectivity index (χ3v) is 4.51. The van der Waals surface area contributed by atoms with Gasteiger partial charge in [-0.05, 0) is 45.2 Å². The van der Waals surface area contributed by atoms with Crippen molar-refractivity contribution < 1.29 is 0 Å². The molecule has 0 aromatic heterocycles. The molecule has 2 heteroatoms. The van der Waals surface area contributed by atoms with Gasteiger partial charge in [0.05, 0.1) is 0 Å². The lowest BCUT2D eigenvalue weighted by Gasteiger charge is -2.39. The van der Waals surface area contributed by atoms with E-state index in [4.69, 9.17) is 0 Å². The van der Waals surface area contributed by atoms with Crippen LogP contribution >= 0.6 is 0 Å².